The summed E-state index contributed by atoms with van der Waals surface area (Å²) < 4.78 is 26.1. The zero-order chi connectivity index (χ0) is 15.4. The topological polar surface area (TPSA) is 61.8 Å². The van der Waals surface area contributed by atoms with E-state index in [2.05, 4.69) is 5.16 Å². The van der Waals surface area contributed by atoms with E-state index >= 15 is 0 Å². The molecule has 0 amide bonds. The Morgan fingerprint density at radius 2 is 1.95 bits per heavy atom. The fourth-order valence-electron chi connectivity index (χ4n) is 1.96. The van der Waals surface area contributed by atoms with Crippen molar-refractivity contribution in [1.29, 1.82) is 0 Å². The molecule has 0 saturated heterocycles. The maximum atomic E-state index is 13.2. The van der Waals surface area contributed by atoms with E-state index in [4.69, 9.17) is 10.9 Å². The molecular weight excluding hydrogens is 276 g/mol. The van der Waals surface area contributed by atoms with Gasteiger partial charge in [-0.1, -0.05) is 23.4 Å². The number of halogens is 2. The van der Waals surface area contributed by atoms with Crippen LogP contribution < -0.4 is 10.6 Å². The molecule has 2 aromatic rings. The molecule has 6 heteroatoms. The summed E-state index contributed by atoms with van der Waals surface area (Å²) in [5, 5.41) is 11.6. The summed E-state index contributed by atoms with van der Waals surface area (Å²) in [6.45, 7) is 0.400. The quantitative estimate of drug-likeness (QED) is 0.394. The van der Waals surface area contributed by atoms with Crippen molar-refractivity contribution in [2.75, 3.05) is 11.9 Å². The van der Waals surface area contributed by atoms with Crippen LogP contribution in [-0.4, -0.2) is 18.1 Å². The van der Waals surface area contributed by atoms with Crippen LogP contribution >= 0.6 is 0 Å². The number of hydrogen-bond acceptors (Lipinski definition) is 3. The van der Waals surface area contributed by atoms with Crippen molar-refractivity contribution in [2.24, 2.45) is 10.9 Å². The molecule has 110 valence electrons. The Labute approximate surface area is 121 Å². The van der Waals surface area contributed by atoms with Crippen molar-refractivity contribution in [3.63, 3.8) is 0 Å². The number of anilines is 1. The smallest absolute Gasteiger partial charge is 0.170 e. The lowest BCUT2D eigenvalue weighted by Crippen LogP contribution is -2.18. The highest BCUT2D eigenvalue weighted by molar-refractivity contribution is 5.97. The minimum absolute atomic E-state index is 0.0121. The van der Waals surface area contributed by atoms with Crippen LogP contribution in [0.3, 0.4) is 0 Å². The molecule has 21 heavy (non-hydrogen) atoms. The van der Waals surface area contributed by atoms with Crippen LogP contribution in [0.25, 0.3) is 0 Å². The number of rotatable bonds is 4. The van der Waals surface area contributed by atoms with Gasteiger partial charge in [0.05, 0.1) is 0 Å². The lowest BCUT2D eigenvalue weighted by atomic mass is 10.1. The van der Waals surface area contributed by atoms with E-state index in [1.165, 1.54) is 12.1 Å². The Morgan fingerprint density at radius 3 is 2.62 bits per heavy atom. The third-order valence-corrected chi connectivity index (χ3v) is 3.09. The molecule has 0 heterocycles. The van der Waals surface area contributed by atoms with Gasteiger partial charge in [-0.25, -0.2) is 8.78 Å². The van der Waals surface area contributed by atoms with E-state index in [9.17, 15) is 8.78 Å². The fourth-order valence-corrected chi connectivity index (χ4v) is 1.96. The SMILES string of the molecule is CN(Cc1ccc(F)c(F)c1)c1cccc(/C(N)=N/O)c1. The third kappa shape index (κ3) is 3.47. The molecule has 0 unspecified atom stereocenters. The summed E-state index contributed by atoms with van der Waals surface area (Å²) in [6.07, 6.45) is 0. The molecule has 0 atom stereocenters. The second kappa shape index (κ2) is 6.21. The molecule has 2 rings (SSSR count). The van der Waals surface area contributed by atoms with Crippen molar-refractivity contribution in [3.05, 3.63) is 65.2 Å². The van der Waals surface area contributed by atoms with E-state index < -0.39 is 11.6 Å². The maximum Gasteiger partial charge on any atom is 0.170 e. The standard InChI is InChI=1S/C15H15F2N3O/c1-20(9-10-5-6-13(16)14(17)7-10)12-4-2-3-11(8-12)15(18)19-21/h2-8,21H,9H2,1H3,(H2,18,19). The van der Waals surface area contributed by atoms with Gasteiger partial charge in [0.25, 0.3) is 0 Å². The van der Waals surface area contributed by atoms with Crippen molar-refractivity contribution in [2.45, 2.75) is 6.54 Å². The molecule has 0 aliphatic carbocycles. The fraction of sp³-hybridized carbons (Fsp3) is 0.133. The second-order valence-corrected chi connectivity index (χ2v) is 4.64. The molecule has 0 spiro atoms. The molecule has 0 aliphatic rings. The third-order valence-electron chi connectivity index (χ3n) is 3.09. The van der Waals surface area contributed by atoms with E-state index in [0.29, 0.717) is 17.7 Å². The Bertz CT molecular complexity index is 674. The van der Waals surface area contributed by atoms with E-state index in [0.717, 1.165) is 11.8 Å². The first-order chi connectivity index (χ1) is 10.0. The Balaban J connectivity index is 2.20. The van der Waals surface area contributed by atoms with Gasteiger partial charge in [-0.15, -0.1) is 0 Å². The van der Waals surface area contributed by atoms with Crippen LogP contribution in [-0.2, 0) is 6.54 Å². The van der Waals surface area contributed by atoms with E-state index in [1.54, 1.807) is 18.2 Å². The highest BCUT2D eigenvalue weighted by Gasteiger charge is 2.08. The Morgan fingerprint density at radius 1 is 1.19 bits per heavy atom. The van der Waals surface area contributed by atoms with Gasteiger partial charge in [0.1, 0.15) is 0 Å². The molecule has 2 aromatic carbocycles. The largest absolute Gasteiger partial charge is 0.409 e. The maximum absolute atomic E-state index is 13.2. The molecular formula is C15H15F2N3O. The number of nitrogens with zero attached hydrogens (tertiary/aromatic N) is 2. The summed E-state index contributed by atoms with van der Waals surface area (Å²) in [5.41, 5.74) is 7.57. The van der Waals surface area contributed by atoms with Gasteiger partial charge in [0.15, 0.2) is 17.5 Å². The molecule has 4 nitrogen and oxygen atoms in total. The van der Waals surface area contributed by atoms with Gasteiger partial charge < -0.3 is 15.8 Å². The molecule has 0 aliphatic heterocycles. The Hall–Kier alpha value is -2.63. The number of hydrogen-bond donors (Lipinski definition) is 2. The predicted octanol–water partition coefficient (Wildman–Crippen LogP) is 2.70. The first-order valence-electron chi connectivity index (χ1n) is 6.24. The van der Waals surface area contributed by atoms with Crippen molar-refractivity contribution in [3.8, 4) is 0 Å². The summed E-state index contributed by atoms with van der Waals surface area (Å²) in [5.74, 6) is -1.72. The monoisotopic (exact) mass is 291 g/mol. The van der Waals surface area contributed by atoms with Gasteiger partial charge >= 0.3 is 0 Å². The Kier molecular flexibility index (Phi) is 4.37. The number of nitrogens with two attached hydrogens (primary N) is 1. The van der Waals surface area contributed by atoms with E-state index in [1.807, 2.05) is 18.0 Å². The van der Waals surface area contributed by atoms with Crippen LogP contribution in [0.1, 0.15) is 11.1 Å². The molecule has 0 radical (unpaired) electrons. The predicted molar refractivity (Wildman–Crippen MR) is 77.4 cm³/mol. The van der Waals surface area contributed by atoms with Crippen LogP contribution in [0, 0.1) is 11.6 Å². The molecule has 0 aromatic heterocycles. The van der Waals surface area contributed by atoms with Crippen molar-refractivity contribution >= 4 is 11.5 Å². The van der Waals surface area contributed by atoms with Gasteiger partial charge in [-0.2, -0.15) is 0 Å². The summed E-state index contributed by atoms with van der Waals surface area (Å²) >= 11 is 0. The highest BCUT2D eigenvalue weighted by atomic mass is 19.2. The van der Waals surface area contributed by atoms with Crippen LogP contribution in [0.15, 0.2) is 47.6 Å². The summed E-state index contributed by atoms with van der Waals surface area (Å²) in [7, 11) is 1.81. The number of benzene rings is 2. The average Bonchev–Trinajstić information content (AvgIpc) is 2.50. The minimum Gasteiger partial charge on any atom is -0.409 e. The zero-order valence-corrected chi connectivity index (χ0v) is 11.4. The molecule has 0 fully saturated rings. The normalized spacial score (nSPS) is 11.5. The van der Waals surface area contributed by atoms with E-state index in [-0.39, 0.29) is 5.84 Å². The molecule has 3 N–H and O–H groups in total. The molecule has 0 bridgehead atoms. The van der Waals surface area contributed by atoms with Crippen LogP contribution in [0.2, 0.25) is 0 Å². The van der Waals surface area contributed by atoms with Crippen molar-refractivity contribution in [1.82, 2.24) is 0 Å². The second-order valence-electron chi connectivity index (χ2n) is 4.64. The van der Waals surface area contributed by atoms with Gasteiger partial charge in [0.2, 0.25) is 0 Å². The van der Waals surface area contributed by atoms with Crippen LogP contribution in [0.5, 0.6) is 0 Å². The number of oxime groups is 1. The van der Waals surface area contributed by atoms with Crippen molar-refractivity contribution < 1.29 is 14.0 Å². The average molecular weight is 291 g/mol. The first kappa shape index (κ1) is 14.8. The summed E-state index contributed by atoms with van der Waals surface area (Å²) in [6, 6.07) is 10.9. The number of amidine groups is 1. The van der Waals surface area contributed by atoms with Gasteiger partial charge in [-0.05, 0) is 29.8 Å². The first-order valence-corrected chi connectivity index (χ1v) is 6.24. The van der Waals surface area contributed by atoms with Crippen LogP contribution in [0.4, 0.5) is 14.5 Å². The zero-order valence-electron chi connectivity index (χ0n) is 11.4. The molecule has 0 saturated carbocycles. The lowest BCUT2D eigenvalue weighted by molar-refractivity contribution is 0.318. The lowest BCUT2D eigenvalue weighted by Gasteiger charge is -2.20. The van der Waals surface area contributed by atoms with Gasteiger partial charge in [-0.3, -0.25) is 0 Å². The summed E-state index contributed by atoms with van der Waals surface area (Å²) in [4.78, 5) is 1.85. The minimum atomic E-state index is -0.869. The highest BCUT2D eigenvalue weighted by Crippen LogP contribution is 2.18. The van der Waals surface area contributed by atoms with Gasteiger partial charge in [0, 0.05) is 24.8 Å².